The predicted molar refractivity (Wildman–Crippen MR) is 75.5 cm³/mol. The van der Waals surface area contributed by atoms with Gasteiger partial charge in [0, 0.05) is 12.1 Å². The Hall–Kier alpha value is -1.26. The lowest BCUT2D eigenvalue weighted by Gasteiger charge is -2.41. The summed E-state index contributed by atoms with van der Waals surface area (Å²) in [5.41, 5.74) is -0.269. The maximum Gasteiger partial charge on any atom is 0.410 e. The first-order valence-corrected chi connectivity index (χ1v) is 7.07. The van der Waals surface area contributed by atoms with Gasteiger partial charge in [0.2, 0.25) is 0 Å². The zero-order valence-electron chi connectivity index (χ0n) is 12.5. The van der Waals surface area contributed by atoms with Crippen molar-refractivity contribution in [2.24, 2.45) is 4.99 Å². The van der Waals surface area contributed by atoms with Crippen LogP contribution in [0.1, 0.15) is 47.0 Å². The van der Waals surface area contributed by atoms with E-state index < -0.39 is 5.60 Å². The zero-order chi connectivity index (χ0) is 14.1. The van der Waals surface area contributed by atoms with E-state index in [1.165, 1.54) is 19.3 Å². The molecule has 1 aliphatic carbocycles. The summed E-state index contributed by atoms with van der Waals surface area (Å²) in [6.07, 6.45) is 3.38. The fourth-order valence-corrected chi connectivity index (χ4v) is 2.36. The molecule has 0 radical (unpaired) electrons. The molecule has 2 rings (SSSR count). The van der Waals surface area contributed by atoms with Crippen molar-refractivity contribution in [2.75, 3.05) is 19.6 Å². The second-order valence-electron chi connectivity index (χ2n) is 6.77. The maximum absolute atomic E-state index is 12.0. The van der Waals surface area contributed by atoms with E-state index >= 15 is 0 Å². The minimum Gasteiger partial charge on any atom is -0.444 e. The number of nitrogens with one attached hydrogen (secondary N) is 1. The van der Waals surface area contributed by atoms with Gasteiger partial charge in [0.05, 0.1) is 13.1 Å². The average Bonchev–Trinajstić information content (AvgIpc) is 2.25. The van der Waals surface area contributed by atoms with Gasteiger partial charge in [0.25, 0.3) is 0 Å². The Balaban J connectivity index is 1.89. The van der Waals surface area contributed by atoms with Crippen LogP contribution in [-0.4, -0.2) is 47.6 Å². The van der Waals surface area contributed by atoms with Crippen LogP contribution in [0.25, 0.3) is 0 Å². The number of carbonyl (C=O) groups excluding carboxylic acids is 1. The van der Waals surface area contributed by atoms with Crippen LogP contribution in [0.3, 0.4) is 0 Å². The van der Waals surface area contributed by atoms with Crippen LogP contribution in [0.15, 0.2) is 4.99 Å². The standard InChI is InChI=1S/C14H25N3O2/c1-13(2,3)19-12(18)17-9-8-15-11(10-17)16-14(4)6-5-7-14/h5-10H2,1-4H3,(H,15,16). The number of amidine groups is 1. The van der Waals surface area contributed by atoms with Gasteiger partial charge in [0.15, 0.2) is 0 Å². The molecule has 5 heteroatoms. The smallest absolute Gasteiger partial charge is 0.410 e. The van der Waals surface area contributed by atoms with Gasteiger partial charge in [-0.2, -0.15) is 0 Å². The minimum absolute atomic E-state index is 0.176. The van der Waals surface area contributed by atoms with Gasteiger partial charge in [-0.3, -0.25) is 9.89 Å². The number of aliphatic imine (C=N–C) groups is 1. The third kappa shape index (κ3) is 3.85. The van der Waals surface area contributed by atoms with Crippen molar-refractivity contribution in [2.45, 2.75) is 58.1 Å². The molecule has 2 aliphatic rings. The van der Waals surface area contributed by atoms with Crippen molar-refractivity contribution in [3.8, 4) is 0 Å². The number of hydrogen-bond acceptors (Lipinski definition) is 4. The van der Waals surface area contributed by atoms with Crippen molar-refractivity contribution in [1.82, 2.24) is 10.2 Å². The minimum atomic E-state index is -0.445. The molecule has 0 aromatic rings. The maximum atomic E-state index is 12.0. The first-order valence-electron chi connectivity index (χ1n) is 7.07. The molecular weight excluding hydrogens is 242 g/mol. The highest BCUT2D eigenvalue weighted by Crippen LogP contribution is 2.31. The lowest BCUT2D eigenvalue weighted by molar-refractivity contribution is 0.0274. The summed E-state index contributed by atoms with van der Waals surface area (Å²) in [4.78, 5) is 18.2. The van der Waals surface area contributed by atoms with Crippen molar-refractivity contribution in [3.05, 3.63) is 0 Å². The van der Waals surface area contributed by atoms with Crippen molar-refractivity contribution in [1.29, 1.82) is 0 Å². The molecule has 19 heavy (non-hydrogen) atoms. The first-order chi connectivity index (χ1) is 8.77. The SMILES string of the molecule is CC1(NC2=NCCN(C(=O)OC(C)(C)C)C2)CCC1. The van der Waals surface area contributed by atoms with Crippen LogP contribution < -0.4 is 5.32 Å². The van der Waals surface area contributed by atoms with E-state index in [0.29, 0.717) is 19.6 Å². The van der Waals surface area contributed by atoms with E-state index in [1.807, 2.05) is 20.8 Å². The summed E-state index contributed by atoms with van der Waals surface area (Å²) >= 11 is 0. The highest BCUT2D eigenvalue weighted by molar-refractivity contribution is 5.88. The molecule has 0 aromatic heterocycles. The van der Waals surface area contributed by atoms with Crippen molar-refractivity contribution in [3.63, 3.8) is 0 Å². The number of hydrogen-bond donors (Lipinski definition) is 1. The summed E-state index contributed by atoms with van der Waals surface area (Å²) in [6.45, 7) is 9.69. The summed E-state index contributed by atoms with van der Waals surface area (Å²) in [5.74, 6) is 0.916. The second-order valence-corrected chi connectivity index (χ2v) is 6.77. The van der Waals surface area contributed by atoms with E-state index in [0.717, 1.165) is 5.84 Å². The summed E-state index contributed by atoms with van der Waals surface area (Å²) in [6, 6.07) is 0. The van der Waals surface area contributed by atoms with E-state index in [1.54, 1.807) is 4.90 Å². The highest BCUT2D eigenvalue weighted by Gasteiger charge is 2.34. The first kappa shape index (κ1) is 14.2. The summed E-state index contributed by atoms with van der Waals surface area (Å²) < 4.78 is 5.40. The molecular formula is C14H25N3O2. The normalized spacial score (nSPS) is 22.3. The van der Waals surface area contributed by atoms with Crippen LogP contribution in [0.5, 0.6) is 0 Å². The van der Waals surface area contributed by atoms with Crippen molar-refractivity contribution < 1.29 is 9.53 Å². The van der Waals surface area contributed by atoms with Gasteiger partial charge in [0.1, 0.15) is 11.4 Å². The van der Waals surface area contributed by atoms with Crippen molar-refractivity contribution >= 4 is 11.9 Å². The van der Waals surface area contributed by atoms with Crippen LogP contribution >= 0.6 is 0 Å². The molecule has 1 N–H and O–H groups in total. The number of amides is 1. The Morgan fingerprint density at radius 1 is 1.42 bits per heavy atom. The molecule has 1 amide bonds. The Labute approximate surface area is 115 Å². The van der Waals surface area contributed by atoms with E-state index in [2.05, 4.69) is 17.2 Å². The number of nitrogens with zero attached hydrogens (tertiary/aromatic N) is 2. The highest BCUT2D eigenvalue weighted by atomic mass is 16.6. The zero-order valence-corrected chi connectivity index (χ0v) is 12.5. The molecule has 1 heterocycles. The topological polar surface area (TPSA) is 53.9 Å². The third-order valence-electron chi connectivity index (χ3n) is 3.57. The Bertz CT molecular complexity index is 381. The molecule has 0 aromatic carbocycles. The van der Waals surface area contributed by atoms with E-state index in [9.17, 15) is 4.79 Å². The molecule has 1 fully saturated rings. The van der Waals surface area contributed by atoms with Gasteiger partial charge >= 0.3 is 6.09 Å². The van der Waals surface area contributed by atoms with E-state index in [4.69, 9.17) is 4.74 Å². The monoisotopic (exact) mass is 267 g/mol. The number of carbonyl (C=O) groups is 1. The quantitative estimate of drug-likeness (QED) is 0.792. The molecule has 1 saturated carbocycles. The van der Waals surface area contributed by atoms with Crippen LogP contribution in [0.4, 0.5) is 4.79 Å². The molecule has 0 spiro atoms. The molecule has 5 nitrogen and oxygen atoms in total. The van der Waals surface area contributed by atoms with E-state index in [-0.39, 0.29) is 11.6 Å². The second kappa shape index (κ2) is 5.02. The third-order valence-corrected chi connectivity index (χ3v) is 3.57. The Kier molecular flexibility index (Phi) is 3.74. The molecule has 0 unspecified atom stereocenters. The average molecular weight is 267 g/mol. The number of ether oxygens (including phenoxy) is 1. The largest absolute Gasteiger partial charge is 0.444 e. The molecule has 108 valence electrons. The summed E-state index contributed by atoms with van der Waals surface area (Å²) in [5, 5.41) is 3.48. The molecule has 0 bridgehead atoms. The van der Waals surface area contributed by atoms with Gasteiger partial charge in [-0.05, 0) is 47.0 Å². The fraction of sp³-hybridized carbons (Fsp3) is 0.857. The van der Waals surface area contributed by atoms with Gasteiger partial charge in [-0.25, -0.2) is 4.79 Å². The molecule has 1 aliphatic heterocycles. The van der Waals surface area contributed by atoms with Gasteiger partial charge in [-0.15, -0.1) is 0 Å². The Morgan fingerprint density at radius 2 is 2.11 bits per heavy atom. The van der Waals surface area contributed by atoms with Crippen LogP contribution in [0, 0.1) is 0 Å². The van der Waals surface area contributed by atoms with Crippen LogP contribution in [0.2, 0.25) is 0 Å². The Morgan fingerprint density at radius 3 is 2.63 bits per heavy atom. The van der Waals surface area contributed by atoms with Gasteiger partial charge < -0.3 is 10.1 Å². The lowest BCUT2D eigenvalue weighted by atomic mass is 9.78. The fourth-order valence-electron chi connectivity index (χ4n) is 2.36. The van der Waals surface area contributed by atoms with Gasteiger partial charge in [-0.1, -0.05) is 0 Å². The lowest BCUT2D eigenvalue weighted by Crippen LogP contribution is -2.56. The molecule has 0 saturated heterocycles. The number of rotatable bonds is 1. The van der Waals surface area contributed by atoms with Crippen LogP contribution in [-0.2, 0) is 4.74 Å². The predicted octanol–water partition coefficient (Wildman–Crippen LogP) is 2.17. The summed E-state index contributed by atoms with van der Waals surface area (Å²) in [7, 11) is 0. The molecule has 0 atom stereocenters.